The van der Waals surface area contributed by atoms with E-state index < -0.39 is 8.80 Å². The minimum atomic E-state index is -2.62. The first-order chi connectivity index (χ1) is 7.63. The Morgan fingerprint density at radius 3 is 2.06 bits per heavy atom. The Labute approximate surface area is 110 Å². The van der Waals surface area contributed by atoms with Crippen LogP contribution in [0.2, 0.25) is 0 Å². The zero-order valence-corrected chi connectivity index (χ0v) is 12.8. The average molecular weight is 281 g/mol. The summed E-state index contributed by atoms with van der Waals surface area (Å²) in [6.45, 7) is 2.10. The van der Waals surface area contributed by atoms with Crippen LogP contribution in [-0.4, -0.2) is 34.7 Å². The van der Waals surface area contributed by atoms with Crippen molar-refractivity contribution in [1.29, 1.82) is 0 Å². The number of imidazole rings is 1. The van der Waals surface area contributed by atoms with Gasteiger partial charge in [-0.25, -0.2) is 9.13 Å². The van der Waals surface area contributed by atoms with Gasteiger partial charge in [0.2, 0.25) is 6.33 Å². The molecule has 0 saturated heterocycles. The van der Waals surface area contributed by atoms with E-state index in [-0.39, 0.29) is 18.1 Å². The highest BCUT2D eigenvalue weighted by atomic mass is 35.5. The van der Waals surface area contributed by atoms with Crippen LogP contribution in [0.25, 0.3) is 0 Å². The first-order valence-corrected chi connectivity index (χ1v) is 7.11. The molecule has 0 aliphatic carbocycles. The van der Waals surface area contributed by atoms with Crippen LogP contribution in [0.4, 0.5) is 0 Å². The fourth-order valence-corrected chi connectivity index (χ4v) is 4.29. The summed E-state index contributed by atoms with van der Waals surface area (Å²) >= 11 is 0. The molecule has 1 rings (SSSR count). The molecule has 1 unspecified atom stereocenters. The molecule has 1 aromatic heterocycles. The maximum absolute atomic E-state index is 5.52. The molecule has 1 atom stereocenters. The van der Waals surface area contributed by atoms with Crippen molar-refractivity contribution in [3.8, 4) is 0 Å². The molecule has 0 spiro atoms. The lowest BCUT2D eigenvalue weighted by molar-refractivity contribution is -0.671. The maximum atomic E-state index is 5.52. The number of aromatic nitrogens is 2. The normalized spacial score (nSPS) is 13.2. The van der Waals surface area contributed by atoms with Gasteiger partial charge >= 0.3 is 8.80 Å². The van der Waals surface area contributed by atoms with E-state index in [1.54, 1.807) is 21.3 Å². The molecule has 5 nitrogen and oxygen atoms in total. The Morgan fingerprint density at radius 2 is 1.76 bits per heavy atom. The third-order valence-corrected chi connectivity index (χ3v) is 6.03. The Hall–Kier alpha value is -0.403. The summed E-state index contributed by atoms with van der Waals surface area (Å²) < 4.78 is 20.6. The van der Waals surface area contributed by atoms with Crippen molar-refractivity contribution in [3.63, 3.8) is 0 Å². The molecule has 0 N–H and O–H groups in total. The molecule has 1 aromatic rings. The molecule has 100 valence electrons. The largest absolute Gasteiger partial charge is 1.00 e. The summed E-state index contributed by atoms with van der Waals surface area (Å²) in [5.41, 5.74) is 0.105. The Morgan fingerprint density at radius 1 is 1.24 bits per heavy atom. The van der Waals surface area contributed by atoms with Gasteiger partial charge in [0, 0.05) is 21.3 Å². The molecule has 0 radical (unpaired) electrons. The molecule has 0 fully saturated rings. The molecule has 0 aliphatic rings. The Bertz CT molecular complexity index is 323. The molecule has 7 heteroatoms. The van der Waals surface area contributed by atoms with Crippen molar-refractivity contribution >= 4 is 8.80 Å². The zero-order chi connectivity index (χ0) is 12.2. The second kappa shape index (κ2) is 7.12. The first kappa shape index (κ1) is 16.6. The number of halogens is 1. The van der Waals surface area contributed by atoms with E-state index >= 15 is 0 Å². The second-order valence-electron chi connectivity index (χ2n) is 3.67. The number of hydrogen-bond donors (Lipinski definition) is 0. The standard InChI is InChI=1S/C10H21N2O3Si.ClH/c1-6-10(12-8-7-11(2)9-12)16(13-3,14-4)15-5;/h7-10H,6H2,1-5H3;1H/q+1;/p-1. The average Bonchev–Trinajstić information content (AvgIpc) is 2.72. The molecule has 0 aromatic carbocycles. The fraction of sp³-hybridized carbons (Fsp3) is 0.700. The summed E-state index contributed by atoms with van der Waals surface area (Å²) in [4.78, 5) is 0. The van der Waals surface area contributed by atoms with Gasteiger partial charge in [-0.15, -0.1) is 0 Å². The lowest BCUT2D eigenvalue weighted by Gasteiger charge is -2.29. The smallest absolute Gasteiger partial charge is 0.547 e. The predicted molar refractivity (Wildman–Crippen MR) is 61.7 cm³/mol. The third-order valence-electron chi connectivity index (χ3n) is 2.80. The van der Waals surface area contributed by atoms with E-state index in [0.29, 0.717) is 0 Å². The van der Waals surface area contributed by atoms with E-state index in [2.05, 4.69) is 11.5 Å². The second-order valence-corrected chi connectivity index (χ2v) is 6.76. The van der Waals surface area contributed by atoms with Crippen LogP contribution in [0.5, 0.6) is 0 Å². The Kier molecular flexibility index (Phi) is 6.96. The number of nitrogens with zero attached hydrogens (tertiary/aromatic N) is 2. The molecule has 0 saturated carbocycles. The highest BCUT2D eigenvalue weighted by molar-refractivity contribution is 6.61. The van der Waals surface area contributed by atoms with Crippen molar-refractivity contribution < 1.29 is 30.3 Å². The quantitative estimate of drug-likeness (QED) is 0.434. The van der Waals surface area contributed by atoms with Crippen LogP contribution in [0.1, 0.15) is 19.0 Å². The van der Waals surface area contributed by atoms with Gasteiger partial charge in [-0.1, -0.05) is 6.92 Å². The molecule has 0 bridgehead atoms. The van der Waals surface area contributed by atoms with Crippen LogP contribution >= 0.6 is 0 Å². The minimum Gasteiger partial charge on any atom is -1.00 e. The highest BCUT2D eigenvalue weighted by Gasteiger charge is 2.50. The van der Waals surface area contributed by atoms with Gasteiger partial charge in [-0.2, -0.15) is 0 Å². The summed E-state index contributed by atoms with van der Waals surface area (Å²) in [7, 11) is 4.29. The van der Waals surface area contributed by atoms with Crippen LogP contribution in [0.3, 0.4) is 0 Å². The third kappa shape index (κ3) is 3.29. The monoisotopic (exact) mass is 280 g/mol. The summed E-state index contributed by atoms with van der Waals surface area (Å²) in [6, 6.07) is 0. The molecule has 1 heterocycles. The molecular formula is C10H21ClN2O3Si. The lowest BCUT2D eigenvalue weighted by Crippen LogP contribution is -3.00. The fourth-order valence-electron chi connectivity index (χ4n) is 1.96. The van der Waals surface area contributed by atoms with Gasteiger partial charge in [0.25, 0.3) is 0 Å². The van der Waals surface area contributed by atoms with Crippen LogP contribution in [-0.2, 0) is 20.3 Å². The van der Waals surface area contributed by atoms with Crippen molar-refractivity contribution in [2.45, 2.75) is 19.0 Å². The van der Waals surface area contributed by atoms with Crippen LogP contribution < -0.4 is 17.0 Å². The summed E-state index contributed by atoms with van der Waals surface area (Å²) in [5.74, 6) is 0. The van der Waals surface area contributed by atoms with Crippen molar-refractivity contribution in [2.75, 3.05) is 21.3 Å². The topological polar surface area (TPSA) is 36.5 Å². The van der Waals surface area contributed by atoms with Gasteiger partial charge in [-0.3, -0.25) is 0 Å². The van der Waals surface area contributed by atoms with Crippen LogP contribution in [0.15, 0.2) is 18.7 Å². The summed E-state index contributed by atoms with van der Waals surface area (Å²) in [6.07, 6.45) is 6.90. The minimum absolute atomic E-state index is 0. The van der Waals surface area contributed by atoms with E-state index in [9.17, 15) is 0 Å². The number of rotatable bonds is 6. The highest BCUT2D eigenvalue weighted by Crippen LogP contribution is 2.25. The maximum Gasteiger partial charge on any atom is 0.547 e. The van der Waals surface area contributed by atoms with Gasteiger partial charge in [-0.05, 0) is 6.42 Å². The van der Waals surface area contributed by atoms with Crippen LogP contribution in [0, 0.1) is 0 Å². The SMILES string of the molecule is CCC(n1cc[n+](C)c1)[Si](OC)(OC)OC.[Cl-]. The van der Waals surface area contributed by atoms with E-state index in [1.807, 2.05) is 30.3 Å². The number of hydrogen-bond acceptors (Lipinski definition) is 3. The molecular weight excluding hydrogens is 260 g/mol. The van der Waals surface area contributed by atoms with Crippen molar-refractivity contribution in [2.24, 2.45) is 7.05 Å². The van der Waals surface area contributed by atoms with Gasteiger partial charge in [0.1, 0.15) is 12.4 Å². The Balaban J connectivity index is 0.00000256. The van der Waals surface area contributed by atoms with Crippen molar-refractivity contribution in [1.82, 2.24) is 4.57 Å². The van der Waals surface area contributed by atoms with E-state index in [1.165, 1.54) is 0 Å². The van der Waals surface area contributed by atoms with E-state index in [4.69, 9.17) is 13.3 Å². The molecule has 0 aliphatic heterocycles. The van der Waals surface area contributed by atoms with Gasteiger partial charge in [0.05, 0.1) is 7.05 Å². The lowest BCUT2D eigenvalue weighted by atomic mass is 10.5. The summed E-state index contributed by atoms with van der Waals surface area (Å²) in [5, 5.41) is 0. The first-order valence-electron chi connectivity index (χ1n) is 5.31. The number of aryl methyl sites for hydroxylation is 1. The van der Waals surface area contributed by atoms with Gasteiger partial charge < -0.3 is 25.7 Å². The van der Waals surface area contributed by atoms with Gasteiger partial charge in [0.15, 0.2) is 5.67 Å². The molecule has 0 amide bonds. The van der Waals surface area contributed by atoms with E-state index in [0.717, 1.165) is 6.42 Å². The zero-order valence-electron chi connectivity index (χ0n) is 11.0. The van der Waals surface area contributed by atoms with Crippen molar-refractivity contribution in [3.05, 3.63) is 18.7 Å². The predicted octanol–water partition coefficient (Wildman–Crippen LogP) is -2.31. The molecule has 17 heavy (non-hydrogen) atoms.